The van der Waals surface area contributed by atoms with E-state index in [0.29, 0.717) is 35.7 Å². The summed E-state index contributed by atoms with van der Waals surface area (Å²) in [5.41, 5.74) is 3.18. The topological polar surface area (TPSA) is 94.8 Å². The maximum atomic E-state index is 15.1. The Balaban J connectivity index is 0.000000463. The van der Waals surface area contributed by atoms with E-state index in [2.05, 4.69) is 9.97 Å². The van der Waals surface area contributed by atoms with Gasteiger partial charge in [0.2, 0.25) is 0 Å². The molecule has 0 bridgehead atoms. The van der Waals surface area contributed by atoms with E-state index in [1.807, 2.05) is 85.2 Å². The average molecular weight is 576 g/mol. The van der Waals surface area contributed by atoms with Gasteiger partial charge in [0.15, 0.2) is 11.6 Å². The first-order valence-electron chi connectivity index (χ1n) is 13.7. The van der Waals surface area contributed by atoms with Gasteiger partial charge in [-0.25, -0.2) is 14.4 Å². The molecule has 9 heteroatoms. The van der Waals surface area contributed by atoms with Gasteiger partial charge < -0.3 is 14.3 Å². The van der Waals surface area contributed by atoms with Crippen LogP contribution < -0.4 is 15.9 Å². The molecule has 216 valence electrons. The van der Waals surface area contributed by atoms with Gasteiger partial charge in [0.05, 0.1) is 17.6 Å². The lowest BCUT2D eigenvalue weighted by Crippen LogP contribution is -2.29. The Labute approximate surface area is 247 Å². The largest absolute Gasteiger partial charge is 0.485 e. The molecular formula is C34H30FN5O3. The first-order valence-corrected chi connectivity index (χ1v) is 13.7. The summed E-state index contributed by atoms with van der Waals surface area (Å²) in [4.78, 5) is 34.8. The summed E-state index contributed by atoms with van der Waals surface area (Å²) in [7, 11) is 0. The van der Waals surface area contributed by atoms with Gasteiger partial charge >= 0.3 is 0 Å². The van der Waals surface area contributed by atoms with Crippen LogP contribution in [0, 0.1) is 12.7 Å². The molecule has 6 rings (SSSR count). The first kappa shape index (κ1) is 28.9. The van der Waals surface area contributed by atoms with Crippen molar-refractivity contribution in [2.75, 3.05) is 0 Å². The Bertz CT molecular complexity index is 1870. The van der Waals surface area contributed by atoms with Gasteiger partial charge in [-0.05, 0) is 48.7 Å². The molecule has 6 aromatic rings. The number of rotatable bonds is 8. The monoisotopic (exact) mass is 575 g/mol. The summed E-state index contributed by atoms with van der Waals surface area (Å²) in [6, 6.07) is 29.3. The second-order valence-corrected chi connectivity index (χ2v) is 9.65. The molecule has 0 aliphatic heterocycles. The fraction of sp³-hybridized carbons (Fsp3) is 0.118. The lowest BCUT2D eigenvalue weighted by Gasteiger charge is -2.19. The maximum Gasteiger partial charge on any atom is 0.278 e. The van der Waals surface area contributed by atoms with Crippen LogP contribution in [0.15, 0.2) is 132 Å². The second-order valence-electron chi connectivity index (χ2n) is 9.65. The lowest BCUT2D eigenvalue weighted by atomic mass is 10.1. The zero-order valence-electron chi connectivity index (χ0n) is 23.6. The summed E-state index contributed by atoms with van der Waals surface area (Å²) in [6.07, 6.45) is 7.06. The highest BCUT2D eigenvalue weighted by atomic mass is 19.1. The number of para-hydroxylation sites is 1. The van der Waals surface area contributed by atoms with Crippen molar-refractivity contribution < 1.29 is 9.13 Å². The molecule has 0 fully saturated rings. The third-order valence-corrected chi connectivity index (χ3v) is 6.68. The molecular weight excluding hydrogens is 545 g/mol. The standard InChI is InChI=1S/C30H26FN3O2.C4H4N2O/c1-22-27(33-18-8-9-19-33)30(35)34(20-17-23-11-4-2-5-12-23)29(32-22)25-15-10-16-26(31)28(25)36-21-24-13-6-3-7-14-24;7-4-1-2-5-3-6-4/h2-16,18-19H,17,20-21H2,1H3;1-3H,(H,5,6,7). The van der Waals surface area contributed by atoms with Gasteiger partial charge in [-0.2, -0.15) is 0 Å². The zero-order valence-corrected chi connectivity index (χ0v) is 23.6. The third kappa shape index (κ3) is 7.20. The van der Waals surface area contributed by atoms with Crippen molar-refractivity contribution in [2.24, 2.45) is 0 Å². The fourth-order valence-electron chi connectivity index (χ4n) is 4.59. The Kier molecular flexibility index (Phi) is 9.33. The molecule has 0 saturated heterocycles. The van der Waals surface area contributed by atoms with Crippen LogP contribution in [-0.2, 0) is 19.6 Å². The molecule has 3 aromatic carbocycles. The molecule has 8 nitrogen and oxygen atoms in total. The Morgan fingerprint density at radius 2 is 1.53 bits per heavy atom. The minimum atomic E-state index is -0.501. The number of nitrogens with one attached hydrogen (secondary N) is 1. The maximum absolute atomic E-state index is 15.1. The smallest absolute Gasteiger partial charge is 0.278 e. The summed E-state index contributed by atoms with van der Waals surface area (Å²) in [5.74, 6) is -0.0406. The Hall–Kier alpha value is -5.57. The molecule has 43 heavy (non-hydrogen) atoms. The molecule has 0 aliphatic rings. The van der Waals surface area contributed by atoms with Crippen LogP contribution in [0.1, 0.15) is 16.8 Å². The highest BCUT2D eigenvalue weighted by molar-refractivity contribution is 5.66. The molecule has 0 unspecified atom stereocenters. The van der Waals surface area contributed by atoms with Crippen LogP contribution in [0.25, 0.3) is 17.1 Å². The van der Waals surface area contributed by atoms with Crippen molar-refractivity contribution in [3.8, 4) is 22.8 Å². The summed E-state index contributed by atoms with van der Waals surface area (Å²) in [5, 5.41) is 0. The Morgan fingerprint density at radius 1 is 0.837 bits per heavy atom. The first-order chi connectivity index (χ1) is 21.0. The van der Waals surface area contributed by atoms with Crippen LogP contribution in [0.4, 0.5) is 4.39 Å². The van der Waals surface area contributed by atoms with Crippen molar-refractivity contribution in [1.29, 1.82) is 0 Å². The summed E-state index contributed by atoms with van der Waals surface area (Å²) in [6.45, 7) is 2.38. The number of hydrogen-bond donors (Lipinski definition) is 1. The number of aromatic amines is 1. The number of H-pyrrole nitrogens is 1. The van der Waals surface area contributed by atoms with Crippen LogP contribution in [0.2, 0.25) is 0 Å². The van der Waals surface area contributed by atoms with Gasteiger partial charge in [0, 0.05) is 31.2 Å². The van der Waals surface area contributed by atoms with E-state index >= 15 is 4.39 Å². The van der Waals surface area contributed by atoms with Gasteiger partial charge in [-0.3, -0.25) is 14.2 Å². The van der Waals surface area contributed by atoms with Crippen LogP contribution >= 0.6 is 0 Å². The van der Waals surface area contributed by atoms with E-state index in [1.54, 1.807) is 28.2 Å². The number of aromatic nitrogens is 5. The van der Waals surface area contributed by atoms with E-state index < -0.39 is 5.82 Å². The minimum absolute atomic E-state index is 0.0785. The highest BCUT2D eigenvalue weighted by Crippen LogP contribution is 2.32. The van der Waals surface area contributed by atoms with Gasteiger partial charge in [-0.15, -0.1) is 0 Å². The van der Waals surface area contributed by atoms with Crippen LogP contribution in [-0.4, -0.2) is 24.1 Å². The molecule has 1 N–H and O–H groups in total. The summed E-state index contributed by atoms with van der Waals surface area (Å²) < 4.78 is 24.4. The van der Waals surface area contributed by atoms with E-state index in [0.717, 1.165) is 11.1 Å². The number of aryl methyl sites for hydroxylation is 2. The number of halogens is 1. The van der Waals surface area contributed by atoms with E-state index in [4.69, 9.17) is 9.72 Å². The van der Waals surface area contributed by atoms with E-state index in [1.165, 1.54) is 24.7 Å². The molecule has 0 saturated carbocycles. The van der Waals surface area contributed by atoms with Crippen molar-refractivity contribution in [3.63, 3.8) is 0 Å². The zero-order chi connectivity index (χ0) is 30.0. The molecule has 0 radical (unpaired) electrons. The number of nitrogens with zero attached hydrogens (tertiary/aromatic N) is 4. The van der Waals surface area contributed by atoms with Gasteiger partial charge in [0.1, 0.15) is 18.1 Å². The lowest BCUT2D eigenvalue weighted by molar-refractivity contribution is 0.291. The van der Waals surface area contributed by atoms with E-state index in [9.17, 15) is 9.59 Å². The van der Waals surface area contributed by atoms with Crippen molar-refractivity contribution in [3.05, 3.63) is 165 Å². The van der Waals surface area contributed by atoms with Crippen LogP contribution in [0.3, 0.4) is 0 Å². The van der Waals surface area contributed by atoms with Crippen molar-refractivity contribution in [2.45, 2.75) is 26.5 Å². The highest BCUT2D eigenvalue weighted by Gasteiger charge is 2.21. The molecule has 0 atom stereocenters. The van der Waals surface area contributed by atoms with Gasteiger partial charge in [0.25, 0.3) is 11.1 Å². The second kappa shape index (κ2) is 13.9. The summed E-state index contributed by atoms with van der Waals surface area (Å²) >= 11 is 0. The van der Waals surface area contributed by atoms with Crippen molar-refractivity contribution in [1.82, 2.24) is 24.1 Å². The quantitative estimate of drug-likeness (QED) is 0.250. The van der Waals surface area contributed by atoms with Gasteiger partial charge in [-0.1, -0.05) is 66.7 Å². The molecule has 0 aliphatic carbocycles. The third-order valence-electron chi connectivity index (χ3n) is 6.68. The minimum Gasteiger partial charge on any atom is -0.485 e. The number of ether oxygens (including phenoxy) is 1. The Morgan fingerprint density at radius 3 is 2.16 bits per heavy atom. The molecule has 3 heterocycles. The predicted molar refractivity (Wildman–Crippen MR) is 164 cm³/mol. The normalized spacial score (nSPS) is 10.6. The average Bonchev–Trinajstić information content (AvgIpc) is 3.56. The number of benzene rings is 3. The molecule has 0 amide bonds. The molecule has 0 spiro atoms. The predicted octanol–water partition coefficient (Wildman–Crippen LogP) is 5.74. The number of hydrogen-bond acceptors (Lipinski definition) is 5. The van der Waals surface area contributed by atoms with Crippen LogP contribution in [0.5, 0.6) is 5.75 Å². The van der Waals surface area contributed by atoms with E-state index in [-0.39, 0.29) is 23.5 Å². The SMILES string of the molecule is Cc1nc(-c2cccc(F)c2OCc2ccccc2)n(CCc2ccccc2)c(=O)c1-n1cccc1.O=c1ccnc[nH]1. The molecule has 3 aromatic heterocycles. The van der Waals surface area contributed by atoms with Crippen molar-refractivity contribution >= 4 is 0 Å². The fourth-order valence-corrected chi connectivity index (χ4v) is 4.59.